The van der Waals surface area contributed by atoms with Gasteiger partial charge in [0.05, 0.1) is 0 Å². The summed E-state index contributed by atoms with van der Waals surface area (Å²) in [5.41, 5.74) is 3.86. The smallest absolute Gasteiger partial charge is 0.120 e. The van der Waals surface area contributed by atoms with Gasteiger partial charge in [-0.05, 0) is 64.4 Å². The number of aryl methyl sites for hydroxylation is 1. The molecule has 3 rings (SSSR count). The van der Waals surface area contributed by atoms with E-state index in [0.717, 1.165) is 31.9 Å². The highest BCUT2D eigenvalue weighted by molar-refractivity contribution is 5.49. The Morgan fingerprint density at radius 3 is 2.19 bits per heavy atom. The molecule has 1 unspecified atom stereocenters. The molecule has 0 radical (unpaired) electrons. The summed E-state index contributed by atoms with van der Waals surface area (Å²) in [5, 5.41) is 0. The number of anilines is 1. The predicted molar refractivity (Wildman–Crippen MR) is 110 cm³/mol. The van der Waals surface area contributed by atoms with Gasteiger partial charge in [-0.3, -0.25) is 4.90 Å². The van der Waals surface area contributed by atoms with E-state index in [1.54, 1.807) is 0 Å². The molecule has 1 atom stereocenters. The Hall–Kier alpha value is -2.00. The van der Waals surface area contributed by atoms with Gasteiger partial charge >= 0.3 is 0 Å². The van der Waals surface area contributed by atoms with Crippen molar-refractivity contribution in [2.45, 2.75) is 52.8 Å². The maximum atomic E-state index is 5.91. The topological polar surface area (TPSA) is 15.7 Å². The SMILES string of the molecule is Cc1ccc(N2CCN(Cc3ccc(OC(C)(C)C)cc3)CC2C)cc1. The van der Waals surface area contributed by atoms with Gasteiger partial charge in [-0.1, -0.05) is 29.8 Å². The molecule has 3 heteroatoms. The molecule has 0 N–H and O–H groups in total. The lowest BCUT2D eigenvalue weighted by molar-refractivity contribution is 0.131. The van der Waals surface area contributed by atoms with Crippen LogP contribution in [0.5, 0.6) is 5.75 Å². The van der Waals surface area contributed by atoms with E-state index < -0.39 is 0 Å². The highest BCUT2D eigenvalue weighted by Gasteiger charge is 2.23. The van der Waals surface area contributed by atoms with Gasteiger partial charge < -0.3 is 9.64 Å². The third-order valence-electron chi connectivity index (χ3n) is 4.83. The largest absolute Gasteiger partial charge is 0.488 e. The van der Waals surface area contributed by atoms with Crippen LogP contribution in [0.1, 0.15) is 38.8 Å². The normalized spacial score (nSPS) is 18.8. The van der Waals surface area contributed by atoms with Crippen LogP contribution in [0.3, 0.4) is 0 Å². The molecule has 0 aromatic heterocycles. The summed E-state index contributed by atoms with van der Waals surface area (Å²) in [6.07, 6.45) is 0. The first-order valence-electron chi connectivity index (χ1n) is 9.64. The van der Waals surface area contributed by atoms with Gasteiger partial charge in [0.2, 0.25) is 0 Å². The van der Waals surface area contributed by atoms with Crippen molar-refractivity contribution >= 4 is 5.69 Å². The van der Waals surface area contributed by atoms with E-state index in [9.17, 15) is 0 Å². The third kappa shape index (κ3) is 5.01. The van der Waals surface area contributed by atoms with Crippen molar-refractivity contribution < 1.29 is 4.74 Å². The van der Waals surface area contributed by atoms with Crippen LogP contribution < -0.4 is 9.64 Å². The number of piperazine rings is 1. The summed E-state index contributed by atoms with van der Waals surface area (Å²) < 4.78 is 5.91. The van der Waals surface area contributed by atoms with Crippen LogP contribution >= 0.6 is 0 Å². The van der Waals surface area contributed by atoms with E-state index >= 15 is 0 Å². The molecule has 0 aliphatic carbocycles. The van der Waals surface area contributed by atoms with Crippen LogP contribution in [0.25, 0.3) is 0 Å². The highest BCUT2D eigenvalue weighted by Crippen LogP contribution is 2.23. The Balaban J connectivity index is 1.56. The van der Waals surface area contributed by atoms with Crippen molar-refractivity contribution in [3.8, 4) is 5.75 Å². The zero-order valence-corrected chi connectivity index (χ0v) is 16.8. The lowest BCUT2D eigenvalue weighted by Gasteiger charge is -2.41. The highest BCUT2D eigenvalue weighted by atomic mass is 16.5. The van der Waals surface area contributed by atoms with Crippen molar-refractivity contribution in [3.63, 3.8) is 0 Å². The molecule has 1 fully saturated rings. The number of rotatable bonds is 4. The van der Waals surface area contributed by atoms with Crippen molar-refractivity contribution in [3.05, 3.63) is 59.7 Å². The number of nitrogens with zero attached hydrogens (tertiary/aromatic N) is 2. The standard InChI is InChI=1S/C23H32N2O/c1-18-6-10-21(11-7-18)25-15-14-24(16-19(25)2)17-20-8-12-22(13-9-20)26-23(3,4)5/h6-13,19H,14-17H2,1-5H3. The molecule has 3 nitrogen and oxygen atoms in total. The Kier molecular flexibility index (Phi) is 5.57. The number of hydrogen-bond acceptors (Lipinski definition) is 3. The minimum atomic E-state index is -0.150. The fourth-order valence-electron chi connectivity index (χ4n) is 3.57. The lowest BCUT2D eigenvalue weighted by Crippen LogP contribution is -2.51. The summed E-state index contributed by atoms with van der Waals surface area (Å²) in [6.45, 7) is 15.0. The second-order valence-electron chi connectivity index (χ2n) is 8.47. The average molecular weight is 353 g/mol. The van der Waals surface area contributed by atoms with Crippen molar-refractivity contribution in [2.24, 2.45) is 0 Å². The van der Waals surface area contributed by atoms with Crippen LogP contribution in [0.15, 0.2) is 48.5 Å². The molecule has 1 heterocycles. The van der Waals surface area contributed by atoms with Crippen molar-refractivity contribution in [2.75, 3.05) is 24.5 Å². The second-order valence-corrected chi connectivity index (χ2v) is 8.47. The molecule has 0 saturated carbocycles. The van der Waals surface area contributed by atoms with Gasteiger partial charge in [0.1, 0.15) is 11.4 Å². The zero-order chi connectivity index (χ0) is 18.7. The van der Waals surface area contributed by atoms with Gasteiger partial charge in [-0.15, -0.1) is 0 Å². The first-order chi connectivity index (χ1) is 12.3. The molecular weight excluding hydrogens is 320 g/mol. The Morgan fingerprint density at radius 2 is 1.62 bits per heavy atom. The van der Waals surface area contributed by atoms with E-state index in [-0.39, 0.29) is 5.60 Å². The molecule has 140 valence electrons. The first-order valence-corrected chi connectivity index (χ1v) is 9.64. The van der Waals surface area contributed by atoms with Gasteiger partial charge in [-0.2, -0.15) is 0 Å². The minimum Gasteiger partial charge on any atom is -0.488 e. The molecule has 2 aromatic carbocycles. The van der Waals surface area contributed by atoms with Crippen molar-refractivity contribution in [1.82, 2.24) is 4.90 Å². The minimum absolute atomic E-state index is 0.150. The van der Waals surface area contributed by atoms with E-state index in [0.29, 0.717) is 6.04 Å². The van der Waals surface area contributed by atoms with E-state index in [4.69, 9.17) is 4.74 Å². The Morgan fingerprint density at radius 1 is 0.962 bits per heavy atom. The molecule has 2 aromatic rings. The molecule has 1 aliphatic heterocycles. The summed E-state index contributed by atoms with van der Waals surface area (Å²) in [4.78, 5) is 5.07. The molecule has 0 bridgehead atoms. The van der Waals surface area contributed by atoms with Gasteiger partial charge in [0.15, 0.2) is 0 Å². The lowest BCUT2D eigenvalue weighted by atomic mass is 10.1. The van der Waals surface area contributed by atoms with E-state index in [1.165, 1.54) is 16.8 Å². The zero-order valence-electron chi connectivity index (χ0n) is 16.8. The van der Waals surface area contributed by atoms with E-state index in [1.807, 2.05) is 0 Å². The monoisotopic (exact) mass is 352 g/mol. The van der Waals surface area contributed by atoms with Crippen molar-refractivity contribution in [1.29, 1.82) is 0 Å². The summed E-state index contributed by atoms with van der Waals surface area (Å²) in [5.74, 6) is 0.943. The van der Waals surface area contributed by atoms with Crippen LogP contribution in [-0.2, 0) is 6.54 Å². The van der Waals surface area contributed by atoms with Crippen LogP contribution in [0.2, 0.25) is 0 Å². The molecule has 26 heavy (non-hydrogen) atoms. The second kappa shape index (κ2) is 7.71. The third-order valence-corrected chi connectivity index (χ3v) is 4.83. The molecular formula is C23H32N2O. The summed E-state index contributed by atoms with van der Waals surface area (Å²) in [6, 6.07) is 18.0. The quantitative estimate of drug-likeness (QED) is 0.780. The maximum absolute atomic E-state index is 5.91. The predicted octanol–water partition coefficient (Wildman–Crippen LogP) is 4.88. The molecule has 1 saturated heterocycles. The summed E-state index contributed by atoms with van der Waals surface area (Å²) in [7, 11) is 0. The molecule has 1 aliphatic rings. The number of benzene rings is 2. The van der Waals surface area contributed by atoms with Gasteiger partial charge in [-0.25, -0.2) is 0 Å². The average Bonchev–Trinajstić information content (AvgIpc) is 2.57. The van der Waals surface area contributed by atoms with Crippen LogP contribution in [0, 0.1) is 6.92 Å². The fraction of sp³-hybridized carbons (Fsp3) is 0.478. The summed E-state index contributed by atoms with van der Waals surface area (Å²) >= 11 is 0. The Bertz CT molecular complexity index is 700. The fourth-order valence-corrected chi connectivity index (χ4v) is 3.57. The number of ether oxygens (including phenoxy) is 1. The number of hydrogen-bond donors (Lipinski definition) is 0. The maximum Gasteiger partial charge on any atom is 0.120 e. The van der Waals surface area contributed by atoms with Crippen LogP contribution in [0.4, 0.5) is 5.69 Å². The first kappa shape index (κ1) is 18.8. The Labute approximate surface area is 158 Å². The van der Waals surface area contributed by atoms with Crippen LogP contribution in [-0.4, -0.2) is 36.2 Å². The van der Waals surface area contributed by atoms with Gasteiger partial charge in [0, 0.05) is 37.9 Å². The molecule has 0 amide bonds. The van der Waals surface area contributed by atoms with Gasteiger partial charge in [0.25, 0.3) is 0 Å². The molecule has 0 spiro atoms. The van der Waals surface area contributed by atoms with E-state index in [2.05, 4.69) is 92.9 Å².